The molecule has 0 amide bonds. The number of anilines is 1. The van der Waals surface area contributed by atoms with Crippen LogP contribution in [-0.4, -0.2) is 34.3 Å². The summed E-state index contributed by atoms with van der Waals surface area (Å²) in [6.07, 6.45) is 3.58. The van der Waals surface area contributed by atoms with Crippen LogP contribution in [0.1, 0.15) is 22.8 Å². The minimum absolute atomic E-state index is 0.00396. The molecule has 0 bridgehead atoms. The summed E-state index contributed by atoms with van der Waals surface area (Å²) in [5.74, 6) is -1.13. The Labute approximate surface area is 189 Å². The molecule has 0 saturated carbocycles. The van der Waals surface area contributed by atoms with Gasteiger partial charge >= 0.3 is 5.97 Å². The first-order valence-electron chi connectivity index (χ1n) is 9.67. The largest absolute Gasteiger partial charge is 0.478 e. The highest BCUT2D eigenvalue weighted by molar-refractivity contribution is 7.92. The number of nitrogens with zero attached hydrogens (tertiary/aromatic N) is 3. The van der Waals surface area contributed by atoms with Crippen LogP contribution in [0, 0.1) is 0 Å². The maximum Gasteiger partial charge on any atom is 0.337 e. The minimum Gasteiger partial charge on any atom is -0.478 e. The van der Waals surface area contributed by atoms with E-state index in [4.69, 9.17) is 16.7 Å². The molecule has 0 atom stereocenters. The highest BCUT2D eigenvalue weighted by Gasteiger charge is 2.20. The molecule has 2 aromatic heterocycles. The van der Waals surface area contributed by atoms with Gasteiger partial charge in [0.2, 0.25) is 0 Å². The summed E-state index contributed by atoms with van der Waals surface area (Å²) in [7, 11) is -2.15. The normalized spacial score (nSPS) is 11.6. The van der Waals surface area contributed by atoms with Crippen LogP contribution in [0.15, 0.2) is 59.8 Å². The Kier molecular flexibility index (Phi) is 5.62. The Morgan fingerprint density at radius 1 is 1.16 bits per heavy atom. The number of aryl methyl sites for hydroxylation is 2. The van der Waals surface area contributed by atoms with Gasteiger partial charge in [-0.05, 0) is 36.2 Å². The van der Waals surface area contributed by atoms with E-state index in [2.05, 4.69) is 14.8 Å². The lowest BCUT2D eigenvalue weighted by atomic mass is 10.1. The minimum atomic E-state index is -3.91. The highest BCUT2D eigenvalue weighted by Crippen LogP contribution is 2.30. The van der Waals surface area contributed by atoms with Crippen molar-refractivity contribution in [1.29, 1.82) is 0 Å². The van der Waals surface area contributed by atoms with E-state index < -0.39 is 16.0 Å². The number of fused-ring (bicyclic) bond motifs is 1. The van der Waals surface area contributed by atoms with Crippen LogP contribution in [0.4, 0.5) is 5.69 Å². The van der Waals surface area contributed by atoms with Crippen LogP contribution in [0.3, 0.4) is 0 Å². The van der Waals surface area contributed by atoms with E-state index >= 15 is 0 Å². The van der Waals surface area contributed by atoms with Gasteiger partial charge in [-0.1, -0.05) is 36.7 Å². The number of nitrogens with one attached hydrogen (secondary N) is 1. The van der Waals surface area contributed by atoms with E-state index in [0.717, 1.165) is 10.9 Å². The summed E-state index contributed by atoms with van der Waals surface area (Å²) in [6, 6.07) is 11.2. The van der Waals surface area contributed by atoms with Crippen molar-refractivity contribution in [2.24, 2.45) is 7.05 Å². The zero-order valence-electron chi connectivity index (χ0n) is 17.2. The lowest BCUT2D eigenvalue weighted by molar-refractivity contribution is 0.0697. The molecule has 32 heavy (non-hydrogen) atoms. The SMILES string of the molecule is CCc1ccc2cnn(C)c2c1NS(=O)(=O)c1ccc(-c2ccc(C(=O)O)c(Cl)c2)nc1. The third-order valence-corrected chi connectivity index (χ3v) is 6.80. The molecule has 0 spiro atoms. The molecule has 8 nitrogen and oxygen atoms in total. The predicted octanol–water partition coefficient (Wildman–Crippen LogP) is 4.35. The number of hydrogen-bond acceptors (Lipinski definition) is 5. The number of aromatic nitrogens is 3. The fourth-order valence-electron chi connectivity index (χ4n) is 3.47. The van der Waals surface area contributed by atoms with Gasteiger partial charge in [-0.25, -0.2) is 13.2 Å². The van der Waals surface area contributed by atoms with Crippen LogP contribution in [0.5, 0.6) is 0 Å². The van der Waals surface area contributed by atoms with Gasteiger partial charge in [-0.3, -0.25) is 14.4 Å². The summed E-state index contributed by atoms with van der Waals surface area (Å²) in [5, 5.41) is 14.2. The standard InChI is InChI=1S/C22H19ClN4O4S/c1-3-13-4-5-15-11-25-27(2)21(15)20(13)26-32(30,31)16-7-9-19(24-12-16)14-6-8-17(22(28)29)18(23)10-14/h4-12,26H,3H2,1-2H3,(H,28,29). The summed E-state index contributed by atoms with van der Waals surface area (Å²) < 4.78 is 30.5. The predicted molar refractivity (Wildman–Crippen MR) is 123 cm³/mol. The lowest BCUT2D eigenvalue weighted by Crippen LogP contribution is -2.15. The molecule has 2 N–H and O–H groups in total. The van der Waals surface area contributed by atoms with Crippen molar-refractivity contribution in [3.8, 4) is 11.3 Å². The van der Waals surface area contributed by atoms with E-state index in [1.807, 2.05) is 19.1 Å². The van der Waals surface area contributed by atoms with Crippen LogP contribution in [0.2, 0.25) is 5.02 Å². The van der Waals surface area contributed by atoms with E-state index in [9.17, 15) is 13.2 Å². The molecule has 4 aromatic rings. The lowest BCUT2D eigenvalue weighted by Gasteiger charge is -2.14. The number of benzene rings is 2. The van der Waals surface area contributed by atoms with Gasteiger partial charge in [-0.2, -0.15) is 5.10 Å². The molecule has 10 heteroatoms. The van der Waals surface area contributed by atoms with Crippen LogP contribution < -0.4 is 4.72 Å². The van der Waals surface area contributed by atoms with E-state index in [-0.39, 0.29) is 15.5 Å². The Balaban J connectivity index is 1.68. The molecule has 4 rings (SSSR count). The fourth-order valence-corrected chi connectivity index (χ4v) is 4.78. The molecular formula is C22H19ClN4O4S. The van der Waals surface area contributed by atoms with Crippen LogP contribution in [-0.2, 0) is 23.5 Å². The fraction of sp³-hybridized carbons (Fsp3) is 0.136. The number of carbonyl (C=O) groups is 1. The van der Waals surface area contributed by atoms with Crippen molar-refractivity contribution in [3.05, 3.63) is 71.0 Å². The maximum atomic E-state index is 13.1. The molecule has 0 aliphatic carbocycles. The second kappa shape index (κ2) is 8.25. The monoisotopic (exact) mass is 470 g/mol. The number of halogens is 1. The number of carboxylic acids is 1. The average Bonchev–Trinajstić information content (AvgIpc) is 3.15. The van der Waals surface area contributed by atoms with Gasteiger partial charge in [-0.15, -0.1) is 0 Å². The second-order valence-electron chi connectivity index (χ2n) is 7.14. The van der Waals surface area contributed by atoms with Crippen molar-refractivity contribution >= 4 is 44.2 Å². The zero-order chi connectivity index (χ0) is 23.0. The smallest absolute Gasteiger partial charge is 0.337 e. The molecule has 0 fully saturated rings. The van der Waals surface area contributed by atoms with Gasteiger partial charge in [0.05, 0.1) is 33.7 Å². The van der Waals surface area contributed by atoms with Crippen molar-refractivity contribution < 1.29 is 18.3 Å². The highest BCUT2D eigenvalue weighted by atomic mass is 35.5. The Hall–Kier alpha value is -3.43. The van der Waals surface area contributed by atoms with Gasteiger partial charge in [0.15, 0.2) is 0 Å². The second-order valence-corrected chi connectivity index (χ2v) is 9.23. The van der Waals surface area contributed by atoms with Crippen LogP contribution in [0.25, 0.3) is 22.2 Å². The van der Waals surface area contributed by atoms with E-state index in [1.54, 1.807) is 30.1 Å². The Bertz CT molecular complexity index is 1450. The molecule has 0 unspecified atom stereocenters. The molecule has 164 valence electrons. The van der Waals surface area contributed by atoms with Crippen LogP contribution >= 0.6 is 11.6 Å². The third-order valence-electron chi connectivity index (χ3n) is 5.15. The average molecular weight is 471 g/mol. The topological polar surface area (TPSA) is 114 Å². The Morgan fingerprint density at radius 2 is 1.94 bits per heavy atom. The summed E-state index contributed by atoms with van der Waals surface area (Å²) in [5.41, 5.74) is 3.06. The molecule has 2 heterocycles. The molecule has 0 aliphatic rings. The number of sulfonamides is 1. The number of pyridine rings is 1. The van der Waals surface area contributed by atoms with E-state index in [1.165, 1.54) is 24.4 Å². The number of carboxylic acid groups (broad SMARTS) is 1. The van der Waals surface area contributed by atoms with Crippen molar-refractivity contribution in [3.63, 3.8) is 0 Å². The van der Waals surface area contributed by atoms with Gasteiger partial charge in [0.1, 0.15) is 4.90 Å². The molecule has 2 aromatic carbocycles. The van der Waals surface area contributed by atoms with Crippen molar-refractivity contribution in [1.82, 2.24) is 14.8 Å². The van der Waals surface area contributed by atoms with Crippen molar-refractivity contribution in [2.75, 3.05) is 4.72 Å². The zero-order valence-corrected chi connectivity index (χ0v) is 18.8. The first-order chi connectivity index (χ1) is 15.2. The van der Waals surface area contributed by atoms with E-state index in [0.29, 0.717) is 28.9 Å². The number of rotatable bonds is 6. The van der Waals surface area contributed by atoms with Gasteiger partial charge in [0.25, 0.3) is 10.0 Å². The first-order valence-corrected chi connectivity index (χ1v) is 11.5. The molecule has 0 saturated heterocycles. The van der Waals surface area contributed by atoms with Gasteiger partial charge in [0, 0.05) is 24.2 Å². The number of hydrogen-bond donors (Lipinski definition) is 2. The first kappa shape index (κ1) is 21.8. The number of aromatic carboxylic acids is 1. The quantitative estimate of drug-likeness (QED) is 0.433. The summed E-state index contributed by atoms with van der Waals surface area (Å²) in [6.45, 7) is 1.95. The maximum absolute atomic E-state index is 13.1. The summed E-state index contributed by atoms with van der Waals surface area (Å²) >= 11 is 6.03. The summed E-state index contributed by atoms with van der Waals surface area (Å²) in [4.78, 5) is 15.4. The molecule has 0 radical (unpaired) electrons. The Morgan fingerprint density at radius 3 is 2.56 bits per heavy atom. The third kappa shape index (κ3) is 3.92. The molecular weight excluding hydrogens is 452 g/mol. The van der Waals surface area contributed by atoms with Crippen molar-refractivity contribution in [2.45, 2.75) is 18.2 Å². The van der Waals surface area contributed by atoms with Gasteiger partial charge < -0.3 is 5.11 Å². The molecule has 0 aliphatic heterocycles.